The molecule has 124 valence electrons. The molecule has 22 heavy (non-hydrogen) atoms. The van der Waals surface area contributed by atoms with Crippen LogP contribution >= 0.6 is 0 Å². The first-order valence-electron chi connectivity index (χ1n) is 7.40. The maximum absolute atomic E-state index is 12.7. The highest BCUT2D eigenvalue weighted by Crippen LogP contribution is 2.31. The third kappa shape index (κ3) is 8.03. The SMILES string of the molecule is C=C(CC/C(=C\C)C(F)(F)F)C(/C=C(\C)CN)=C/C=C/CC. The molecular weight excluding hydrogens is 287 g/mol. The average molecular weight is 313 g/mol. The molecule has 2 N–H and O–H groups in total. The maximum Gasteiger partial charge on any atom is 0.412 e. The summed E-state index contributed by atoms with van der Waals surface area (Å²) < 4.78 is 38.2. The van der Waals surface area contributed by atoms with Crippen molar-refractivity contribution in [3.05, 3.63) is 59.3 Å². The number of allylic oxidation sites excluding steroid dienone is 8. The zero-order valence-electron chi connectivity index (χ0n) is 13.6. The van der Waals surface area contributed by atoms with Gasteiger partial charge in [-0.25, -0.2) is 0 Å². The highest BCUT2D eigenvalue weighted by Gasteiger charge is 2.32. The monoisotopic (exact) mass is 313 g/mol. The Balaban J connectivity index is 5.07. The molecule has 0 aromatic rings. The summed E-state index contributed by atoms with van der Waals surface area (Å²) in [6.45, 7) is 9.64. The van der Waals surface area contributed by atoms with Crippen LogP contribution in [0.2, 0.25) is 0 Å². The van der Waals surface area contributed by atoms with Crippen LogP contribution in [0.5, 0.6) is 0 Å². The van der Waals surface area contributed by atoms with E-state index in [1.54, 1.807) is 0 Å². The molecule has 1 nitrogen and oxygen atoms in total. The Morgan fingerprint density at radius 3 is 2.32 bits per heavy atom. The van der Waals surface area contributed by atoms with Gasteiger partial charge in [0.05, 0.1) is 0 Å². The van der Waals surface area contributed by atoms with Gasteiger partial charge in [0.25, 0.3) is 0 Å². The number of halogens is 3. The summed E-state index contributed by atoms with van der Waals surface area (Å²) in [4.78, 5) is 0. The van der Waals surface area contributed by atoms with E-state index in [0.29, 0.717) is 12.1 Å². The standard InChI is InChI=1S/C18H26F3N/c1-5-7-8-9-16(12-14(3)13-22)15(4)10-11-17(6-2)18(19,20)21/h6-9,12H,4-5,10-11,13,22H2,1-3H3/b8-7+,14-12+,16-9+,17-6+. The molecule has 0 heterocycles. The van der Waals surface area contributed by atoms with Crippen molar-refractivity contribution in [1.82, 2.24) is 0 Å². The zero-order valence-corrected chi connectivity index (χ0v) is 13.6. The van der Waals surface area contributed by atoms with Crippen molar-refractivity contribution in [2.24, 2.45) is 5.73 Å². The molecule has 0 radical (unpaired) electrons. The van der Waals surface area contributed by atoms with Gasteiger partial charge in [0.2, 0.25) is 0 Å². The number of nitrogens with two attached hydrogens (primary N) is 1. The van der Waals surface area contributed by atoms with Gasteiger partial charge in [-0.15, -0.1) is 0 Å². The van der Waals surface area contributed by atoms with Crippen LogP contribution in [0, 0.1) is 0 Å². The number of hydrogen-bond donors (Lipinski definition) is 1. The highest BCUT2D eigenvalue weighted by atomic mass is 19.4. The third-order valence-electron chi connectivity index (χ3n) is 3.19. The molecule has 0 saturated carbocycles. The van der Waals surface area contributed by atoms with E-state index < -0.39 is 11.7 Å². The summed E-state index contributed by atoms with van der Waals surface area (Å²) in [6.07, 6.45) is 5.56. The number of alkyl halides is 3. The van der Waals surface area contributed by atoms with Crippen molar-refractivity contribution in [1.29, 1.82) is 0 Å². The predicted octanol–water partition coefficient (Wildman–Crippen LogP) is 5.63. The summed E-state index contributed by atoms with van der Waals surface area (Å²) >= 11 is 0. The molecule has 0 spiro atoms. The van der Waals surface area contributed by atoms with Gasteiger partial charge in [0, 0.05) is 12.1 Å². The fourth-order valence-corrected chi connectivity index (χ4v) is 1.78. The van der Waals surface area contributed by atoms with Crippen molar-refractivity contribution in [2.75, 3.05) is 6.54 Å². The molecule has 0 aromatic heterocycles. The Bertz CT molecular complexity index is 477. The summed E-state index contributed by atoms with van der Waals surface area (Å²) in [5.74, 6) is 0. The van der Waals surface area contributed by atoms with E-state index in [4.69, 9.17) is 5.73 Å². The molecule has 0 saturated heterocycles. The molecule has 0 rings (SSSR count). The lowest BCUT2D eigenvalue weighted by atomic mass is 9.97. The number of rotatable bonds is 8. The first-order valence-corrected chi connectivity index (χ1v) is 7.40. The van der Waals surface area contributed by atoms with Gasteiger partial charge in [-0.05, 0) is 44.3 Å². The number of hydrogen-bond acceptors (Lipinski definition) is 1. The summed E-state index contributed by atoms with van der Waals surface area (Å²) in [5, 5.41) is 0. The van der Waals surface area contributed by atoms with Gasteiger partial charge < -0.3 is 5.73 Å². The third-order valence-corrected chi connectivity index (χ3v) is 3.19. The molecule has 0 aromatic carbocycles. The molecule has 4 heteroatoms. The fraction of sp³-hybridized carbons (Fsp3) is 0.444. The van der Waals surface area contributed by atoms with Gasteiger partial charge in [-0.3, -0.25) is 0 Å². The van der Waals surface area contributed by atoms with Crippen LogP contribution in [-0.2, 0) is 0 Å². The fourth-order valence-electron chi connectivity index (χ4n) is 1.78. The van der Waals surface area contributed by atoms with Crippen LogP contribution in [0.3, 0.4) is 0 Å². The summed E-state index contributed by atoms with van der Waals surface area (Å²) in [6, 6.07) is 0. The largest absolute Gasteiger partial charge is 0.412 e. The summed E-state index contributed by atoms with van der Waals surface area (Å²) in [7, 11) is 0. The quantitative estimate of drug-likeness (QED) is 0.456. The zero-order chi connectivity index (χ0) is 17.2. The second kappa shape index (κ2) is 10.2. The Morgan fingerprint density at radius 2 is 1.86 bits per heavy atom. The average Bonchev–Trinajstić information content (AvgIpc) is 2.45. The first-order chi connectivity index (χ1) is 10.3. The maximum atomic E-state index is 12.7. The van der Waals surface area contributed by atoms with Gasteiger partial charge in [0.15, 0.2) is 0 Å². The van der Waals surface area contributed by atoms with Crippen LogP contribution in [0.15, 0.2) is 59.3 Å². The lowest BCUT2D eigenvalue weighted by Gasteiger charge is -2.13. The molecular formula is C18H26F3N. The Labute approximate surface area is 131 Å². The molecule has 0 amide bonds. The van der Waals surface area contributed by atoms with Crippen LogP contribution in [-0.4, -0.2) is 12.7 Å². The van der Waals surface area contributed by atoms with Gasteiger partial charge in [-0.2, -0.15) is 13.2 Å². The van der Waals surface area contributed by atoms with Crippen molar-refractivity contribution >= 4 is 0 Å². The van der Waals surface area contributed by atoms with Crippen LogP contribution < -0.4 is 5.73 Å². The van der Waals surface area contributed by atoms with E-state index in [0.717, 1.165) is 23.6 Å². The smallest absolute Gasteiger partial charge is 0.327 e. The lowest BCUT2D eigenvalue weighted by molar-refractivity contribution is -0.0940. The van der Waals surface area contributed by atoms with Crippen LogP contribution in [0.1, 0.15) is 40.0 Å². The first kappa shape index (κ1) is 20.5. The Kier molecular flexibility index (Phi) is 9.50. The molecule has 0 unspecified atom stereocenters. The molecule has 0 aliphatic carbocycles. The molecule has 0 bridgehead atoms. The van der Waals surface area contributed by atoms with E-state index in [-0.39, 0.29) is 12.8 Å². The highest BCUT2D eigenvalue weighted by molar-refractivity contribution is 5.42. The second-order valence-corrected chi connectivity index (χ2v) is 5.07. The van der Waals surface area contributed by atoms with Crippen LogP contribution in [0.25, 0.3) is 0 Å². The van der Waals surface area contributed by atoms with E-state index >= 15 is 0 Å². The van der Waals surface area contributed by atoms with E-state index in [9.17, 15) is 13.2 Å². The lowest BCUT2D eigenvalue weighted by Crippen LogP contribution is -2.12. The van der Waals surface area contributed by atoms with Gasteiger partial charge in [-0.1, -0.05) is 49.5 Å². The minimum absolute atomic E-state index is 0.0663. The Hall–Kier alpha value is -1.55. The van der Waals surface area contributed by atoms with E-state index in [1.165, 1.54) is 6.92 Å². The van der Waals surface area contributed by atoms with Gasteiger partial charge in [0.1, 0.15) is 0 Å². The van der Waals surface area contributed by atoms with E-state index in [1.807, 2.05) is 38.2 Å². The van der Waals surface area contributed by atoms with Crippen molar-refractivity contribution in [3.8, 4) is 0 Å². The Morgan fingerprint density at radius 1 is 1.23 bits per heavy atom. The van der Waals surface area contributed by atoms with Crippen LogP contribution in [0.4, 0.5) is 13.2 Å². The van der Waals surface area contributed by atoms with Gasteiger partial charge >= 0.3 is 6.18 Å². The minimum Gasteiger partial charge on any atom is -0.327 e. The minimum atomic E-state index is -4.27. The van der Waals surface area contributed by atoms with E-state index in [2.05, 4.69) is 6.58 Å². The normalized spacial score (nSPS) is 14.8. The van der Waals surface area contributed by atoms with Crippen molar-refractivity contribution < 1.29 is 13.2 Å². The molecule has 0 atom stereocenters. The molecule has 0 aliphatic rings. The summed E-state index contributed by atoms with van der Waals surface area (Å²) in [5.41, 5.74) is 7.52. The topological polar surface area (TPSA) is 26.0 Å². The predicted molar refractivity (Wildman–Crippen MR) is 88.5 cm³/mol. The molecule has 0 fully saturated rings. The second-order valence-electron chi connectivity index (χ2n) is 5.07. The van der Waals surface area contributed by atoms with Crippen molar-refractivity contribution in [3.63, 3.8) is 0 Å². The van der Waals surface area contributed by atoms with Crippen molar-refractivity contribution in [2.45, 2.75) is 46.2 Å². The molecule has 0 aliphatic heterocycles.